The Labute approximate surface area is 71.0 Å². The van der Waals surface area contributed by atoms with Crippen molar-refractivity contribution in [2.45, 2.75) is 6.92 Å². The summed E-state index contributed by atoms with van der Waals surface area (Å²) in [5, 5.41) is 2.19. The van der Waals surface area contributed by atoms with Crippen LogP contribution in [0.1, 0.15) is 5.56 Å². The molecule has 1 aromatic heterocycles. The zero-order chi connectivity index (χ0) is 8.55. The van der Waals surface area contributed by atoms with Crippen molar-refractivity contribution in [2.24, 2.45) is 0 Å². The number of anilines is 1. The number of aryl methyl sites for hydroxylation is 1. The van der Waals surface area contributed by atoms with E-state index in [9.17, 15) is 0 Å². The van der Waals surface area contributed by atoms with Gasteiger partial charge in [-0.3, -0.25) is 4.98 Å². The Bertz CT molecular complexity index is 421. The summed E-state index contributed by atoms with van der Waals surface area (Å²) >= 11 is 0. The van der Waals surface area contributed by atoms with E-state index in [1.54, 1.807) is 6.20 Å². The lowest BCUT2D eigenvalue weighted by Crippen LogP contribution is -1.88. The first-order chi connectivity index (χ1) is 5.77. The van der Waals surface area contributed by atoms with Gasteiger partial charge in [0.15, 0.2) is 0 Å². The molecule has 0 atom stereocenters. The number of pyridine rings is 1. The van der Waals surface area contributed by atoms with Crippen molar-refractivity contribution >= 4 is 16.5 Å². The zero-order valence-corrected chi connectivity index (χ0v) is 6.91. The minimum absolute atomic E-state index is 0.746. The van der Waals surface area contributed by atoms with Gasteiger partial charge in [-0.05, 0) is 13.0 Å². The highest BCUT2D eigenvalue weighted by Crippen LogP contribution is 2.19. The second-order valence-corrected chi connectivity index (χ2v) is 2.95. The van der Waals surface area contributed by atoms with Gasteiger partial charge < -0.3 is 5.73 Å². The fraction of sp³-hybridized carbons (Fsp3) is 0.100. The van der Waals surface area contributed by atoms with Crippen LogP contribution < -0.4 is 5.73 Å². The number of rotatable bonds is 0. The maximum Gasteiger partial charge on any atom is 0.0580 e. The Morgan fingerprint density at radius 2 is 2.08 bits per heavy atom. The van der Waals surface area contributed by atoms with Crippen LogP contribution in [0.25, 0.3) is 10.8 Å². The molecule has 0 saturated heterocycles. The van der Waals surface area contributed by atoms with Crippen LogP contribution >= 0.6 is 0 Å². The Hall–Kier alpha value is -1.57. The Morgan fingerprint density at radius 3 is 2.92 bits per heavy atom. The van der Waals surface area contributed by atoms with Gasteiger partial charge in [-0.15, -0.1) is 0 Å². The number of nitrogens with two attached hydrogens (primary N) is 1. The average molecular weight is 158 g/mol. The lowest BCUT2D eigenvalue weighted by atomic mass is 10.1. The van der Waals surface area contributed by atoms with E-state index < -0.39 is 0 Å². The summed E-state index contributed by atoms with van der Waals surface area (Å²) in [6, 6.07) is 6.17. The molecule has 0 saturated carbocycles. The third kappa shape index (κ3) is 1.01. The molecule has 0 radical (unpaired) electrons. The van der Waals surface area contributed by atoms with Crippen LogP contribution in [0.4, 0.5) is 5.69 Å². The molecule has 2 N–H and O–H groups in total. The average Bonchev–Trinajstić information content (AvgIpc) is 2.07. The number of nitrogen functional groups attached to an aromatic ring is 1. The summed E-state index contributed by atoms with van der Waals surface area (Å²) in [7, 11) is 0. The Kier molecular flexibility index (Phi) is 1.47. The van der Waals surface area contributed by atoms with E-state index >= 15 is 0 Å². The summed E-state index contributed by atoms with van der Waals surface area (Å²) in [4.78, 5) is 4.02. The van der Waals surface area contributed by atoms with Crippen molar-refractivity contribution in [3.05, 3.63) is 36.2 Å². The van der Waals surface area contributed by atoms with Crippen LogP contribution in [-0.2, 0) is 0 Å². The van der Waals surface area contributed by atoms with Gasteiger partial charge in [0.1, 0.15) is 0 Å². The number of hydrogen-bond donors (Lipinski definition) is 1. The third-order valence-corrected chi connectivity index (χ3v) is 1.95. The van der Waals surface area contributed by atoms with Gasteiger partial charge >= 0.3 is 0 Å². The van der Waals surface area contributed by atoms with E-state index in [1.165, 1.54) is 5.56 Å². The largest absolute Gasteiger partial charge is 0.397 e. The molecule has 0 spiro atoms. The van der Waals surface area contributed by atoms with Crippen molar-refractivity contribution in [1.29, 1.82) is 0 Å². The first kappa shape index (κ1) is 7.10. The molecule has 0 fully saturated rings. The molecule has 2 rings (SSSR count). The number of benzene rings is 1. The van der Waals surface area contributed by atoms with Crippen molar-refractivity contribution in [3.63, 3.8) is 0 Å². The second-order valence-electron chi connectivity index (χ2n) is 2.95. The Morgan fingerprint density at radius 1 is 1.25 bits per heavy atom. The van der Waals surface area contributed by atoms with E-state index in [1.807, 2.05) is 12.3 Å². The van der Waals surface area contributed by atoms with Gasteiger partial charge in [0.05, 0.1) is 11.9 Å². The highest BCUT2D eigenvalue weighted by molar-refractivity contribution is 5.92. The van der Waals surface area contributed by atoms with Crippen LogP contribution in [0.2, 0.25) is 0 Å². The summed E-state index contributed by atoms with van der Waals surface area (Å²) in [6.07, 6.45) is 3.51. The van der Waals surface area contributed by atoms with Crippen molar-refractivity contribution in [2.75, 3.05) is 5.73 Å². The van der Waals surface area contributed by atoms with E-state index in [-0.39, 0.29) is 0 Å². The standard InChI is InChI=1S/C10H10N2/c1-7-2-3-8-5-12-6-10(11)9(8)4-7/h2-6H,11H2,1H3. The zero-order valence-electron chi connectivity index (χ0n) is 6.91. The highest BCUT2D eigenvalue weighted by atomic mass is 14.7. The number of fused-ring (bicyclic) bond motifs is 1. The molecule has 2 nitrogen and oxygen atoms in total. The molecule has 0 bridgehead atoms. The van der Waals surface area contributed by atoms with Gasteiger partial charge in [-0.25, -0.2) is 0 Å². The molecule has 60 valence electrons. The van der Waals surface area contributed by atoms with Crippen LogP contribution in [0.5, 0.6) is 0 Å². The quantitative estimate of drug-likeness (QED) is 0.637. The summed E-state index contributed by atoms with van der Waals surface area (Å²) in [5.74, 6) is 0. The first-order valence-corrected chi connectivity index (χ1v) is 3.87. The van der Waals surface area contributed by atoms with Gasteiger partial charge in [0.25, 0.3) is 0 Å². The third-order valence-electron chi connectivity index (χ3n) is 1.95. The topological polar surface area (TPSA) is 38.9 Å². The molecule has 12 heavy (non-hydrogen) atoms. The Balaban J connectivity index is 2.88. The molecule has 1 aromatic carbocycles. The molecular formula is C10H10N2. The van der Waals surface area contributed by atoms with Crippen LogP contribution in [0.3, 0.4) is 0 Å². The lowest BCUT2D eigenvalue weighted by molar-refractivity contribution is 1.36. The van der Waals surface area contributed by atoms with Crippen LogP contribution in [0.15, 0.2) is 30.6 Å². The molecule has 2 aromatic rings. The predicted octanol–water partition coefficient (Wildman–Crippen LogP) is 2.13. The minimum Gasteiger partial charge on any atom is -0.397 e. The SMILES string of the molecule is Cc1ccc2cncc(N)c2c1. The number of aromatic nitrogens is 1. The van der Waals surface area contributed by atoms with Crippen molar-refractivity contribution in [1.82, 2.24) is 4.98 Å². The predicted molar refractivity (Wildman–Crippen MR) is 50.9 cm³/mol. The lowest BCUT2D eigenvalue weighted by Gasteiger charge is -2.01. The highest BCUT2D eigenvalue weighted by Gasteiger charge is 1.96. The minimum atomic E-state index is 0.746. The fourth-order valence-electron chi connectivity index (χ4n) is 1.30. The van der Waals surface area contributed by atoms with Gasteiger partial charge in [0.2, 0.25) is 0 Å². The van der Waals surface area contributed by atoms with E-state index in [0.29, 0.717) is 0 Å². The molecule has 0 aliphatic rings. The van der Waals surface area contributed by atoms with Gasteiger partial charge in [-0.1, -0.05) is 17.7 Å². The summed E-state index contributed by atoms with van der Waals surface area (Å²) < 4.78 is 0. The normalized spacial score (nSPS) is 10.4. The molecule has 0 amide bonds. The maximum absolute atomic E-state index is 5.76. The van der Waals surface area contributed by atoms with E-state index in [0.717, 1.165) is 16.5 Å². The number of nitrogens with zero attached hydrogens (tertiary/aromatic N) is 1. The van der Waals surface area contributed by atoms with Crippen molar-refractivity contribution in [3.8, 4) is 0 Å². The molecule has 2 heteroatoms. The molecule has 0 unspecified atom stereocenters. The molecule has 1 heterocycles. The fourth-order valence-corrected chi connectivity index (χ4v) is 1.30. The van der Waals surface area contributed by atoms with Gasteiger partial charge in [0, 0.05) is 17.0 Å². The number of hydrogen-bond acceptors (Lipinski definition) is 2. The summed E-state index contributed by atoms with van der Waals surface area (Å²) in [5.41, 5.74) is 7.73. The monoisotopic (exact) mass is 158 g/mol. The smallest absolute Gasteiger partial charge is 0.0580 e. The first-order valence-electron chi connectivity index (χ1n) is 3.87. The van der Waals surface area contributed by atoms with Crippen LogP contribution in [0, 0.1) is 6.92 Å². The molecule has 0 aliphatic carbocycles. The van der Waals surface area contributed by atoms with E-state index in [2.05, 4.69) is 24.0 Å². The summed E-state index contributed by atoms with van der Waals surface area (Å²) in [6.45, 7) is 2.05. The van der Waals surface area contributed by atoms with Gasteiger partial charge in [-0.2, -0.15) is 0 Å². The molecular weight excluding hydrogens is 148 g/mol. The maximum atomic E-state index is 5.76. The molecule has 0 aliphatic heterocycles. The second kappa shape index (κ2) is 2.48. The van der Waals surface area contributed by atoms with Crippen molar-refractivity contribution < 1.29 is 0 Å². The van der Waals surface area contributed by atoms with E-state index in [4.69, 9.17) is 5.73 Å². The van der Waals surface area contributed by atoms with Crippen LogP contribution in [-0.4, -0.2) is 4.98 Å².